The number of hydrogen-bond donors (Lipinski definition) is 3. The molecule has 2 aromatic heterocycles. The van der Waals surface area contributed by atoms with Crippen molar-refractivity contribution >= 4 is 16.9 Å². The van der Waals surface area contributed by atoms with Crippen LogP contribution in [0.1, 0.15) is 37.1 Å². The number of fused-ring (bicyclic) bond motifs is 1. The average Bonchev–Trinajstić information content (AvgIpc) is 2.80. The van der Waals surface area contributed by atoms with Crippen LogP contribution in [0, 0.1) is 19.8 Å². The molecule has 0 saturated carbocycles. The van der Waals surface area contributed by atoms with Crippen LogP contribution in [0.25, 0.3) is 11.0 Å². The highest BCUT2D eigenvalue weighted by Crippen LogP contribution is 2.21. The van der Waals surface area contributed by atoms with Crippen LogP contribution in [-0.2, 0) is 18.3 Å². The number of aliphatic hydroxyl groups is 1. The van der Waals surface area contributed by atoms with Gasteiger partial charge in [0.15, 0.2) is 0 Å². The molecule has 2 aromatic rings. The van der Waals surface area contributed by atoms with E-state index in [0.717, 1.165) is 16.6 Å². The maximum Gasteiger partial charge on any atom is 0.253 e. The number of rotatable bonds is 6. The van der Waals surface area contributed by atoms with Gasteiger partial charge in [-0.05, 0) is 38.7 Å². The van der Waals surface area contributed by atoms with Gasteiger partial charge in [-0.15, -0.1) is 0 Å². The molecule has 2 atom stereocenters. The molecule has 0 aliphatic rings. The molecular formula is C17H26N4O3. The van der Waals surface area contributed by atoms with E-state index in [4.69, 9.17) is 5.11 Å². The predicted octanol–water partition coefficient (Wildman–Crippen LogP) is 0.944. The van der Waals surface area contributed by atoms with Crippen LogP contribution < -0.4 is 10.9 Å². The summed E-state index contributed by atoms with van der Waals surface area (Å²) in [4.78, 5) is 27.3. The Hall–Kier alpha value is -2.15. The second-order valence-electron chi connectivity index (χ2n) is 6.51. The number of carbonyl (C=O) groups is 1. The van der Waals surface area contributed by atoms with Crippen LogP contribution >= 0.6 is 0 Å². The molecule has 132 valence electrons. The first-order valence-corrected chi connectivity index (χ1v) is 8.21. The lowest BCUT2D eigenvalue weighted by atomic mass is 10.0. The molecule has 2 heterocycles. The third kappa shape index (κ3) is 3.51. The monoisotopic (exact) mass is 334 g/mol. The molecule has 1 amide bonds. The van der Waals surface area contributed by atoms with Crippen molar-refractivity contribution in [3.63, 3.8) is 0 Å². The van der Waals surface area contributed by atoms with Crippen LogP contribution in [0.3, 0.4) is 0 Å². The molecule has 0 radical (unpaired) electrons. The third-order valence-corrected chi connectivity index (χ3v) is 4.69. The normalized spacial score (nSPS) is 13.9. The summed E-state index contributed by atoms with van der Waals surface area (Å²) < 4.78 is 1.66. The smallest absolute Gasteiger partial charge is 0.253 e. The van der Waals surface area contributed by atoms with Gasteiger partial charge >= 0.3 is 0 Å². The van der Waals surface area contributed by atoms with Crippen molar-refractivity contribution in [1.29, 1.82) is 0 Å². The van der Waals surface area contributed by atoms with Crippen LogP contribution in [0.2, 0.25) is 0 Å². The molecule has 24 heavy (non-hydrogen) atoms. The lowest BCUT2D eigenvalue weighted by molar-refractivity contribution is -0.122. The number of hydrogen-bond acceptors (Lipinski definition) is 4. The first-order valence-electron chi connectivity index (χ1n) is 8.21. The number of nitrogens with one attached hydrogen (secondary N) is 2. The summed E-state index contributed by atoms with van der Waals surface area (Å²) >= 11 is 0. The minimum atomic E-state index is -0.174. The Morgan fingerprint density at radius 1 is 1.38 bits per heavy atom. The second kappa shape index (κ2) is 7.17. The van der Waals surface area contributed by atoms with Gasteiger partial charge in [0.2, 0.25) is 5.91 Å². The molecule has 2 unspecified atom stereocenters. The SMILES string of the molecule is Cc1nn(C)c2[nH]c(=O)c(CCC(=O)NC(C)C(C)CO)c(C)c12. The molecule has 0 aromatic carbocycles. The van der Waals surface area contributed by atoms with Crippen LogP contribution in [0.15, 0.2) is 4.79 Å². The van der Waals surface area contributed by atoms with E-state index in [1.807, 2.05) is 27.7 Å². The first kappa shape index (κ1) is 18.2. The Kier molecular flexibility index (Phi) is 5.43. The highest BCUT2D eigenvalue weighted by atomic mass is 16.3. The van der Waals surface area contributed by atoms with Crippen LogP contribution in [-0.4, -0.2) is 38.4 Å². The minimum absolute atomic E-state index is 0.00604. The number of amides is 1. The number of H-pyrrole nitrogens is 1. The summed E-state index contributed by atoms with van der Waals surface area (Å²) in [5.74, 6) is -0.127. The molecule has 0 aliphatic carbocycles. The van der Waals surface area contributed by atoms with Gasteiger partial charge in [0.1, 0.15) is 5.65 Å². The highest BCUT2D eigenvalue weighted by Gasteiger charge is 2.17. The van der Waals surface area contributed by atoms with Gasteiger partial charge in [-0.1, -0.05) is 6.92 Å². The minimum Gasteiger partial charge on any atom is -0.396 e. The van der Waals surface area contributed by atoms with Crippen molar-refractivity contribution in [1.82, 2.24) is 20.1 Å². The van der Waals surface area contributed by atoms with Crippen LogP contribution in [0.5, 0.6) is 0 Å². The fourth-order valence-electron chi connectivity index (χ4n) is 2.92. The lowest BCUT2D eigenvalue weighted by Crippen LogP contribution is -2.38. The number of pyridine rings is 1. The van der Waals surface area contributed by atoms with E-state index in [9.17, 15) is 9.59 Å². The third-order valence-electron chi connectivity index (χ3n) is 4.69. The largest absolute Gasteiger partial charge is 0.396 e. The van der Waals surface area contributed by atoms with Gasteiger partial charge in [-0.2, -0.15) is 5.10 Å². The topological polar surface area (TPSA) is 100 Å². The van der Waals surface area contributed by atoms with E-state index in [1.165, 1.54) is 0 Å². The molecule has 0 spiro atoms. The molecule has 7 heteroatoms. The first-order chi connectivity index (χ1) is 11.3. The lowest BCUT2D eigenvalue weighted by Gasteiger charge is -2.19. The van der Waals surface area contributed by atoms with Gasteiger partial charge in [0, 0.05) is 37.1 Å². The van der Waals surface area contributed by atoms with Crippen molar-refractivity contribution in [3.8, 4) is 0 Å². The van der Waals surface area contributed by atoms with Crippen LogP contribution in [0.4, 0.5) is 0 Å². The van der Waals surface area contributed by atoms with E-state index in [0.29, 0.717) is 17.6 Å². The number of nitrogens with zero attached hydrogens (tertiary/aromatic N) is 2. The van der Waals surface area contributed by atoms with Crippen molar-refractivity contribution in [3.05, 3.63) is 27.2 Å². The average molecular weight is 334 g/mol. The summed E-state index contributed by atoms with van der Waals surface area (Å²) in [7, 11) is 1.79. The Morgan fingerprint density at radius 2 is 2.04 bits per heavy atom. The van der Waals surface area contributed by atoms with Crippen molar-refractivity contribution in [2.75, 3.05) is 6.61 Å². The molecule has 2 rings (SSSR count). The summed E-state index contributed by atoms with van der Waals surface area (Å²) in [6.07, 6.45) is 0.606. The van der Waals surface area contributed by atoms with Crippen molar-refractivity contribution < 1.29 is 9.90 Å². The molecule has 0 saturated heterocycles. The van der Waals surface area contributed by atoms with Crippen molar-refractivity contribution in [2.45, 2.75) is 46.6 Å². The zero-order valence-electron chi connectivity index (χ0n) is 14.9. The van der Waals surface area contributed by atoms with Gasteiger partial charge in [0.25, 0.3) is 5.56 Å². The zero-order chi connectivity index (χ0) is 18.0. The van der Waals surface area contributed by atoms with Crippen molar-refractivity contribution in [2.24, 2.45) is 13.0 Å². The Bertz CT molecular complexity index is 806. The quantitative estimate of drug-likeness (QED) is 0.732. The maximum atomic E-state index is 12.3. The van der Waals surface area contributed by atoms with E-state index in [-0.39, 0.29) is 36.5 Å². The van der Waals surface area contributed by atoms with E-state index < -0.39 is 0 Å². The number of aromatic amines is 1. The summed E-state index contributed by atoms with van der Waals surface area (Å²) in [6, 6.07) is -0.107. The fourth-order valence-corrected chi connectivity index (χ4v) is 2.92. The number of aromatic nitrogens is 3. The fraction of sp³-hybridized carbons (Fsp3) is 0.588. The molecule has 3 N–H and O–H groups in total. The van der Waals surface area contributed by atoms with E-state index in [1.54, 1.807) is 11.7 Å². The standard InChI is InChI=1S/C17H26N4O3/c1-9(8-22)11(3)18-14(23)7-6-13-10(2)15-12(4)20-21(5)16(15)19-17(13)24/h9,11,22H,6-8H2,1-5H3,(H,18,23)(H,19,24). The molecular weight excluding hydrogens is 308 g/mol. The number of carbonyl (C=O) groups excluding carboxylic acids is 1. The predicted molar refractivity (Wildman–Crippen MR) is 93.0 cm³/mol. The number of aryl methyl sites for hydroxylation is 3. The Labute approximate surface area is 141 Å². The second-order valence-corrected chi connectivity index (χ2v) is 6.51. The number of aliphatic hydroxyl groups excluding tert-OH is 1. The van der Waals surface area contributed by atoms with E-state index >= 15 is 0 Å². The summed E-state index contributed by atoms with van der Waals surface area (Å²) in [5.41, 5.74) is 2.89. The van der Waals surface area contributed by atoms with Gasteiger partial charge in [0.05, 0.1) is 5.69 Å². The Balaban J connectivity index is 2.17. The molecule has 0 bridgehead atoms. The molecule has 0 fully saturated rings. The summed E-state index contributed by atoms with van der Waals surface area (Å²) in [5, 5.41) is 17.3. The Morgan fingerprint density at radius 3 is 2.67 bits per heavy atom. The molecule has 7 nitrogen and oxygen atoms in total. The van der Waals surface area contributed by atoms with Gasteiger partial charge in [-0.3, -0.25) is 14.3 Å². The molecule has 0 aliphatic heterocycles. The van der Waals surface area contributed by atoms with Gasteiger partial charge < -0.3 is 15.4 Å². The van der Waals surface area contributed by atoms with E-state index in [2.05, 4.69) is 15.4 Å². The van der Waals surface area contributed by atoms with Gasteiger partial charge in [-0.25, -0.2) is 0 Å². The zero-order valence-corrected chi connectivity index (χ0v) is 14.9. The highest BCUT2D eigenvalue weighted by molar-refractivity contribution is 5.83. The maximum absolute atomic E-state index is 12.3. The summed E-state index contributed by atoms with van der Waals surface area (Å²) in [6.45, 7) is 7.57.